The normalized spacial score (nSPS) is 12.1. The maximum Gasteiger partial charge on any atom is 0.341 e. The number of esters is 1. The molecule has 1 unspecified atom stereocenters. The Morgan fingerprint density at radius 1 is 1.35 bits per heavy atom. The maximum absolute atomic E-state index is 13.6. The lowest BCUT2D eigenvalue weighted by molar-refractivity contribution is -0.125. The molecule has 0 radical (unpaired) electrons. The van der Waals surface area contributed by atoms with E-state index in [1.807, 2.05) is 0 Å². The van der Waals surface area contributed by atoms with Crippen LogP contribution in [0.4, 0.5) is 4.39 Å². The Bertz CT molecular complexity index is 788. The van der Waals surface area contributed by atoms with Crippen LogP contribution < -0.4 is 5.32 Å². The summed E-state index contributed by atoms with van der Waals surface area (Å²) in [6.45, 7) is 3.89. The highest BCUT2D eigenvalue weighted by Gasteiger charge is 2.21. The molecular weight excluding hydrogens is 339 g/mol. The van der Waals surface area contributed by atoms with Crippen molar-refractivity contribution in [1.29, 1.82) is 0 Å². The molecule has 0 fully saturated rings. The Balaban J connectivity index is 1.94. The van der Waals surface area contributed by atoms with E-state index in [0.717, 1.165) is 0 Å². The van der Waals surface area contributed by atoms with Gasteiger partial charge in [0.1, 0.15) is 22.9 Å². The number of amides is 1. The first-order valence-corrected chi connectivity index (χ1v) is 8.22. The van der Waals surface area contributed by atoms with Gasteiger partial charge in [-0.2, -0.15) is 0 Å². The largest absolute Gasteiger partial charge is 0.465 e. The highest BCUT2D eigenvalue weighted by Crippen LogP contribution is 2.17. The first-order valence-electron chi connectivity index (χ1n) is 8.22. The number of rotatable bonds is 7. The Labute approximate surface area is 151 Å². The number of carbonyl (C=O) groups is 2. The summed E-state index contributed by atoms with van der Waals surface area (Å²) >= 11 is 0. The minimum absolute atomic E-state index is 0.121. The van der Waals surface area contributed by atoms with Crippen LogP contribution in [-0.4, -0.2) is 37.0 Å². The molecule has 7 heteroatoms. The van der Waals surface area contributed by atoms with Crippen molar-refractivity contribution in [3.63, 3.8) is 0 Å². The van der Waals surface area contributed by atoms with Gasteiger partial charge in [-0.05, 0) is 33.0 Å². The van der Waals surface area contributed by atoms with Crippen LogP contribution in [0.3, 0.4) is 0 Å². The topological polar surface area (TPSA) is 71.8 Å². The van der Waals surface area contributed by atoms with Crippen LogP contribution in [0, 0.1) is 12.7 Å². The third-order valence-corrected chi connectivity index (χ3v) is 4.23. The molecule has 2 rings (SSSR count). The molecule has 1 aromatic carbocycles. The first kappa shape index (κ1) is 19.7. The number of likely N-dealkylation sites (N-methyl/N-ethyl adjacent to an activating group) is 1. The van der Waals surface area contributed by atoms with E-state index in [1.54, 1.807) is 50.1 Å². The van der Waals surface area contributed by atoms with Crippen LogP contribution in [0.15, 0.2) is 34.7 Å². The van der Waals surface area contributed by atoms with Crippen LogP contribution in [0.2, 0.25) is 0 Å². The van der Waals surface area contributed by atoms with Gasteiger partial charge in [0.05, 0.1) is 19.7 Å². The van der Waals surface area contributed by atoms with Gasteiger partial charge in [-0.3, -0.25) is 9.69 Å². The lowest BCUT2D eigenvalue weighted by Crippen LogP contribution is -2.42. The fraction of sp³-hybridized carbons (Fsp3) is 0.368. The fourth-order valence-corrected chi connectivity index (χ4v) is 2.49. The van der Waals surface area contributed by atoms with E-state index in [0.29, 0.717) is 29.2 Å². The van der Waals surface area contributed by atoms with E-state index < -0.39 is 12.0 Å². The average molecular weight is 362 g/mol. The van der Waals surface area contributed by atoms with Crippen molar-refractivity contribution in [3.05, 3.63) is 58.8 Å². The lowest BCUT2D eigenvalue weighted by Gasteiger charge is -2.23. The van der Waals surface area contributed by atoms with Crippen molar-refractivity contribution in [2.24, 2.45) is 0 Å². The number of benzene rings is 1. The van der Waals surface area contributed by atoms with Gasteiger partial charge in [-0.25, -0.2) is 9.18 Å². The van der Waals surface area contributed by atoms with Crippen molar-refractivity contribution in [1.82, 2.24) is 10.2 Å². The van der Waals surface area contributed by atoms with Crippen molar-refractivity contribution in [2.45, 2.75) is 33.0 Å². The van der Waals surface area contributed by atoms with E-state index in [9.17, 15) is 14.0 Å². The number of hydrogen-bond donors (Lipinski definition) is 1. The summed E-state index contributed by atoms with van der Waals surface area (Å²) in [6, 6.07) is 7.46. The zero-order valence-electron chi connectivity index (χ0n) is 15.3. The molecular formula is C19H23FN2O4. The summed E-state index contributed by atoms with van der Waals surface area (Å²) in [4.78, 5) is 25.7. The zero-order valence-corrected chi connectivity index (χ0v) is 15.3. The molecule has 0 aliphatic carbocycles. The standard InChI is InChI=1S/C19H23FN2O4/c1-12(18(23)21-10-14-7-5-6-8-17(14)20)22(3)11-15-9-16(13(2)26-15)19(24)25-4/h5-9,12H,10-11H2,1-4H3,(H,21,23). The number of ether oxygens (including phenoxy) is 1. The van der Waals surface area contributed by atoms with Gasteiger partial charge in [0.25, 0.3) is 0 Å². The smallest absolute Gasteiger partial charge is 0.341 e. The summed E-state index contributed by atoms with van der Waals surface area (Å²) in [5.74, 6) is -0.0191. The lowest BCUT2D eigenvalue weighted by atomic mass is 10.2. The number of halogens is 1. The Hall–Kier alpha value is -2.67. The highest BCUT2D eigenvalue weighted by atomic mass is 19.1. The van der Waals surface area contributed by atoms with Crippen molar-refractivity contribution >= 4 is 11.9 Å². The van der Waals surface area contributed by atoms with Crippen LogP contribution in [0.25, 0.3) is 0 Å². The second-order valence-corrected chi connectivity index (χ2v) is 6.07. The Morgan fingerprint density at radius 2 is 2.04 bits per heavy atom. The van der Waals surface area contributed by atoms with Gasteiger partial charge in [0.15, 0.2) is 0 Å². The Morgan fingerprint density at radius 3 is 2.69 bits per heavy atom. The molecule has 1 atom stereocenters. The number of aryl methyl sites for hydroxylation is 1. The van der Waals surface area contributed by atoms with Gasteiger partial charge in [0, 0.05) is 12.1 Å². The molecule has 0 bridgehead atoms. The van der Waals surface area contributed by atoms with E-state index in [1.165, 1.54) is 13.2 Å². The van der Waals surface area contributed by atoms with Gasteiger partial charge < -0.3 is 14.5 Å². The second kappa shape index (κ2) is 8.62. The fourth-order valence-electron chi connectivity index (χ4n) is 2.49. The molecule has 0 aliphatic rings. The predicted octanol–water partition coefficient (Wildman–Crippen LogP) is 2.65. The first-order chi connectivity index (χ1) is 12.3. The quantitative estimate of drug-likeness (QED) is 0.767. The molecule has 0 saturated heterocycles. The number of hydrogen-bond acceptors (Lipinski definition) is 5. The van der Waals surface area contributed by atoms with Crippen molar-refractivity contribution < 1.29 is 23.1 Å². The number of nitrogens with zero attached hydrogens (tertiary/aromatic N) is 1. The van der Waals surface area contributed by atoms with Gasteiger partial charge in [-0.15, -0.1) is 0 Å². The van der Waals surface area contributed by atoms with Crippen LogP contribution >= 0.6 is 0 Å². The molecule has 0 spiro atoms. The van der Waals surface area contributed by atoms with Crippen LogP contribution in [0.1, 0.15) is 34.4 Å². The molecule has 1 N–H and O–H groups in total. The summed E-state index contributed by atoms with van der Waals surface area (Å²) in [5.41, 5.74) is 0.799. The number of carbonyl (C=O) groups excluding carboxylic acids is 2. The average Bonchev–Trinajstić information content (AvgIpc) is 2.99. The van der Waals surface area contributed by atoms with E-state index in [2.05, 4.69) is 5.32 Å². The summed E-state index contributed by atoms with van der Waals surface area (Å²) in [5, 5.41) is 2.72. The monoisotopic (exact) mass is 362 g/mol. The van der Waals surface area contributed by atoms with Crippen LogP contribution in [-0.2, 0) is 22.6 Å². The van der Waals surface area contributed by atoms with Crippen molar-refractivity contribution in [2.75, 3.05) is 14.2 Å². The third kappa shape index (κ3) is 4.70. The highest BCUT2D eigenvalue weighted by molar-refractivity contribution is 5.90. The zero-order chi connectivity index (χ0) is 19.3. The number of methoxy groups -OCH3 is 1. The summed E-state index contributed by atoms with van der Waals surface area (Å²) in [7, 11) is 3.07. The minimum Gasteiger partial charge on any atom is -0.465 e. The molecule has 0 aliphatic heterocycles. The second-order valence-electron chi connectivity index (χ2n) is 6.07. The van der Waals surface area contributed by atoms with E-state index >= 15 is 0 Å². The Kier molecular flexibility index (Phi) is 6.52. The van der Waals surface area contributed by atoms with Gasteiger partial charge in [-0.1, -0.05) is 18.2 Å². The summed E-state index contributed by atoms with van der Waals surface area (Å²) in [6.07, 6.45) is 0. The minimum atomic E-state index is -0.464. The molecule has 140 valence electrons. The SMILES string of the molecule is COC(=O)c1cc(CN(C)C(C)C(=O)NCc2ccccc2F)oc1C. The van der Waals surface area contributed by atoms with E-state index in [-0.39, 0.29) is 18.3 Å². The molecule has 1 amide bonds. The summed E-state index contributed by atoms with van der Waals surface area (Å²) < 4.78 is 23.9. The number of nitrogens with one attached hydrogen (secondary N) is 1. The maximum atomic E-state index is 13.6. The number of furan rings is 1. The molecule has 1 heterocycles. The van der Waals surface area contributed by atoms with E-state index in [4.69, 9.17) is 9.15 Å². The molecule has 6 nitrogen and oxygen atoms in total. The van der Waals surface area contributed by atoms with Gasteiger partial charge in [0.2, 0.25) is 5.91 Å². The molecule has 26 heavy (non-hydrogen) atoms. The molecule has 0 saturated carbocycles. The predicted molar refractivity (Wildman–Crippen MR) is 94.0 cm³/mol. The third-order valence-electron chi connectivity index (χ3n) is 4.23. The molecule has 2 aromatic rings. The molecule has 1 aromatic heterocycles. The van der Waals surface area contributed by atoms with Crippen molar-refractivity contribution in [3.8, 4) is 0 Å². The van der Waals surface area contributed by atoms with Gasteiger partial charge >= 0.3 is 5.97 Å². The van der Waals surface area contributed by atoms with Crippen LogP contribution in [0.5, 0.6) is 0 Å².